The first kappa shape index (κ1) is 16.0. The fraction of sp³-hybridized carbons (Fsp3) is 0.467. The standard InChI is InChI=1S/C15H18BrNO4/c1-9(2)13-8-17(3-4-21-13)14(18)10-5-11(15(19)20)7-12(16)6-10/h5-7,9,13H,3-4,8H2,1-2H3,(H,19,20). The predicted octanol–water partition coefficient (Wildman–Crippen LogP) is 2.64. The number of halogens is 1. The fourth-order valence-corrected chi connectivity index (χ4v) is 2.78. The smallest absolute Gasteiger partial charge is 0.335 e. The van der Waals surface area contributed by atoms with Gasteiger partial charge in [0.25, 0.3) is 5.91 Å². The second kappa shape index (κ2) is 6.58. The van der Waals surface area contributed by atoms with Crippen molar-refractivity contribution in [3.05, 3.63) is 33.8 Å². The Morgan fingerprint density at radius 2 is 2.00 bits per heavy atom. The lowest BCUT2D eigenvalue weighted by Gasteiger charge is -2.35. The maximum Gasteiger partial charge on any atom is 0.335 e. The zero-order valence-electron chi connectivity index (χ0n) is 12.0. The fourth-order valence-electron chi connectivity index (χ4n) is 2.28. The van der Waals surface area contributed by atoms with E-state index in [2.05, 4.69) is 29.8 Å². The number of carboxylic acids is 1. The largest absolute Gasteiger partial charge is 0.478 e. The van der Waals surface area contributed by atoms with Crippen molar-refractivity contribution in [1.29, 1.82) is 0 Å². The number of rotatable bonds is 3. The average Bonchev–Trinajstić information content (AvgIpc) is 2.45. The Kier molecular flexibility index (Phi) is 5.00. The summed E-state index contributed by atoms with van der Waals surface area (Å²) in [5, 5.41) is 9.07. The third-order valence-corrected chi connectivity index (χ3v) is 3.97. The van der Waals surface area contributed by atoms with E-state index in [9.17, 15) is 9.59 Å². The number of hydrogen-bond donors (Lipinski definition) is 1. The summed E-state index contributed by atoms with van der Waals surface area (Å²) in [5.41, 5.74) is 0.479. The molecule has 1 aromatic carbocycles. The third-order valence-electron chi connectivity index (χ3n) is 3.52. The van der Waals surface area contributed by atoms with Crippen LogP contribution in [0.3, 0.4) is 0 Å². The summed E-state index contributed by atoms with van der Waals surface area (Å²) in [5.74, 6) is -0.877. The molecule has 2 rings (SSSR count). The minimum atomic E-state index is -1.05. The van der Waals surface area contributed by atoms with Crippen LogP contribution in [0.25, 0.3) is 0 Å². The van der Waals surface area contributed by atoms with Crippen LogP contribution in [0.15, 0.2) is 22.7 Å². The monoisotopic (exact) mass is 355 g/mol. The van der Waals surface area contributed by atoms with Gasteiger partial charge in [0.05, 0.1) is 18.3 Å². The Balaban J connectivity index is 2.21. The predicted molar refractivity (Wildman–Crippen MR) is 81.6 cm³/mol. The van der Waals surface area contributed by atoms with Gasteiger partial charge < -0.3 is 14.7 Å². The molecule has 1 atom stereocenters. The van der Waals surface area contributed by atoms with Crippen molar-refractivity contribution in [3.63, 3.8) is 0 Å². The molecule has 1 saturated heterocycles. The van der Waals surface area contributed by atoms with Crippen molar-refractivity contribution < 1.29 is 19.4 Å². The molecular weight excluding hydrogens is 338 g/mol. The SMILES string of the molecule is CC(C)C1CN(C(=O)c2cc(Br)cc(C(=O)O)c2)CCO1. The van der Waals surface area contributed by atoms with Crippen molar-refractivity contribution in [2.24, 2.45) is 5.92 Å². The summed E-state index contributed by atoms with van der Waals surface area (Å²) in [6, 6.07) is 4.54. The molecule has 1 aliphatic rings. The van der Waals surface area contributed by atoms with Gasteiger partial charge in [-0.2, -0.15) is 0 Å². The molecule has 1 heterocycles. The topological polar surface area (TPSA) is 66.8 Å². The van der Waals surface area contributed by atoms with Crippen molar-refractivity contribution in [2.45, 2.75) is 20.0 Å². The summed E-state index contributed by atoms with van der Waals surface area (Å²) in [6.07, 6.45) is 0.0220. The molecule has 0 aromatic heterocycles. The molecular formula is C15H18BrNO4. The van der Waals surface area contributed by atoms with Crippen LogP contribution in [0.2, 0.25) is 0 Å². The van der Waals surface area contributed by atoms with Crippen LogP contribution in [0.5, 0.6) is 0 Å². The van der Waals surface area contributed by atoms with Crippen LogP contribution in [-0.4, -0.2) is 47.7 Å². The van der Waals surface area contributed by atoms with Gasteiger partial charge >= 0.3 is 5.97 Å². The number of aromatic carboxylic acids is 1. The molecule has 5 nitrogen and oxygen atoms in total. The Labute approximate surface area is 132 Å². The summed E-state index contributed by atoms with van der Waals surface area (Å²) in [7, 11) is 0. The van der Waals surface area contributed by atoms with Gasteiger partial charge in [0.15, 0.2) is 0 Å². The van der Waals surface area contributed by atoms with Crippen LogP contribution in [0, 0.1) is 5.92 Å². The molecule has 1 N–H and O–H groups in total. The van der Waals surface area contributed by atoms with E-state index in [1.54, 1.807) is 11.0 Å². The normalized spacial score (nSPS) is 18.9. The van der Waals surface area contributed by atoms with Crippen LogP contribution in [-0.2, 0) is 4.74 Å². The van der Waals surface area contributed by atoms with E-state index in [0.29, 0.717) is 35.7 Å². The lowest BCUT2D eigenvalue weighted by Crippen LogP contribution is -2.47. The summed E-state index contributed by atoms with van der Waals surface area (Å²) >= 11 is 3.25. The quantitative estimate of drug-likeness (QED) is 0.904. The van der Waals surface area contributed by atoms with Gasteiger partial charge in [-0.05, 0) is 24.1 Å². The molecule has 0 aliphatic carbocycles. The number of carboxylic acid groups (broad SMARTS) is 1. The number of morpholine rings is 1. The molecule has 1 amide bonds. The van der Waals surface area contributed by atoms with Crippen LogP contribution in [0.4, 0.5) is 0 Å². The average molecular weight is 356 g/mol. The number of carbonyl (C=O) groups excluding carboxylic acids is 1. The molecule has 114 valence electrons. The van der Waals surface area contributed by atoms with Gasteiger partial charge in [0, 0.05) is 23.1 Å². The molecule has 1 unspecified atom stereocenters. The van der Waals surface area contributed by atoms with E-state index in [0.717, 1.165) is 0 Å². The molecule has 1 fully saturated rings. The Bertz CT molecular complexity index is 559. The number of nitrogens with zero attached hydrogens (tertiary/aromatic N) is 1. The second-order valence-electron chi connectivity index (χ2n) is 5.44. The first-order chi connectivity index (χ1) is 9.88. The number of amides is 1. The van der Waals surface area contributed by atoms with Crippen molar-refractivity contribution in [2.75, 3.05) is 19.7 Å². The molecule has 6 heteroatoms. The highest BCUT2D eigenvalue weighted by molar-refractivity contribution is 9.10. The lowest BCUT2D eigenvalue weighted by atomic mass is 10.0. The molecule has 1 aliphatic heterocycles. The maximum absolute atomic E-state index is 12.6. The molecule has 0 radical (unpaired) electrons. The maximum atomic E-state index is 12.6. The molecule has 0 spiro atoms. The first-order valence-corrected chi connectivity index (χ1v) is 7.62. The molecule has 21 heavy (non-hydrogen) atoms. The lowest BCUT2D eigenvalue weighted by molar-refractivity contribution is -0.0420. The number of ether oxygens (including phenoxy) is 1. The summed E-state index contributed by atoms with van der Waals surface area (Å²) in [6.45, 7) is 5.68. The highest BCUT2D eigenvalue weighted by atomic mass is 79.9. The van der Waals surface area contributed by atoms with Crippen LogP contribution in [0.1, 0.15) is 34.6 Å². The Morgan fingerprint density at radius 3 is 2.62 bits per heavy atom. The number of benzene rings is 1. The van der Waals surface area contributed by atoms with E-state index in [-0.39, 0.29) is 17.6 Å². The van der Waals surface area contributed by atoms with Gasteiger partial charge in [0.1, 0.15) is 0 Å². The van der Waals surface area contributed by atoms with Gasteiger partial charge in [-0.15, -0.1) is 0 Å². The van der Waals surface area contributed by atoms with E-state index in [1.165, 1.54) is 12.1 Å². The van der Waals surface area contributed by atoms with Crippen molar-refractivity contribution in [1.82, 2.24) is 4.90 Å². The van der Waals surface area contributed by atoms with Crippen molar-refractivity contribution in [3.8, 4) is 0 Å². The second-order valence-corrected chi connectivity index (χ2v) is 6.35. The van der Waals surface area contributed by atoms with E-state index in [4.69, 9.17) is 9.84 Å². The van der Waals surface area contributed by atoms with E-state index >= 15 is 0 Å². The Hall–Kier alpha value is -1.40. The number of carbonyl (C=O) groups is 2. The molecule has 1 aromatic rings. The molecule has 0 bridgehead atoms. The Morgan fingerprint density at radius 1 is 1.33 bits per heavy atom. The highest BCUT2D eigenvalue weighted by Gasteiger charge is 2.27. The van der Waals surface area contributed by atoms with Crippen molar-refractivity contribution >= 4 is 27.8 Å². The van der Waals surface area contributed by atoms with Crippen LogP contribution >= 0.6 is 15.9 Å². The zero-order chi connectivity index (χ0) is 15.6. The minimum Gasteiger partial charge on any atom is -0.478 e. The number of hydrogen-bond acceptors (Lipinski definition) is 3. The van der Waals surface area contributed by atoms with Gasteiger partial charge in [-0.25, -0.2) is 4.79 Å². The van der Waals surface area contributed by atoms with E-state index < -0.39 is 5.97 Å². The van der Waals surface area contributed by atoms with Gasteiger partial charge in [0.2, 0.25) is 0 Å². The minimum absolute atomic E-state index is 0.0220. The van der Waals surface area contributed by atoms with Gasteiger partial charge in [-0.1, -0.05) is 29.8 Å². The van der Waals surface area contributed by atoms with Gasteiger partial charge in [-0.3, -0.25) is 4.79 Å². The first-order valence-electron chi connectivity index (χ1n) is 6.83. The summed E-state index contributed by atoms with van der Waals surface area (Å²) < 4.78 is 6.23. The highest BCUT2D eigenvalue weighted by Crippen LogP contribution is 2.20. The van der Waals surface area contributed by atoms with Crippen LogP contribution < -0.4 is 0 Å². The zero-order valence-corrected chi connectivity index (χ0v) is 13.6. The molecule has 0 saturated carbocycles. The third kappa shape index (κ3) is 3.83. The van der Waals surface area contributed by atoms with E-state index in [1.807, 2.05) is 0 Å². The summed E-state index contributed by atoms with van der Waals surface area (Å²) in [4.78, 5) is 25.4.